The van der Waals surface area contributed by atoms with E-state index >= 15 is 0 Å². The molecular weight excluding hydrogens is 302 g/mol. The molecule has 3 aromatic rings. The average molecular weight is 319 g/mol. The van der Waals surface area contributed by atoms with Crippen molar-refractivity contribution in [2.75, 3.05) is 13.2 Å². The van der Waals surface area contributed by atoms with Crippen LogP contribution < -0.4 is 9.47 Å². The molecule has 0 bridgehead atoms. The Balaban J connectivity index is 1.83. The number of rotatable bonds is 6. The van der Waals surface area contributed by atoms with Gasteiger partial charge >= 0.3 is 0 Å². The summed E-state index contributed by atoms with van der Waals surface area (Å²) in [6, 6.07) is 13.3. The Morgan fingerprint density at radius 1 is 1.12 bits per heavy atom. The van der Waals surface area contributed by atoms with E-state index in [2.05, 4.69) is 10.9 Å². The molecule has 0 amide bonds. The number of oxazole rings is 1. The lowest BCUT2D eigenvalue weighted by molar-refractivity contribution is 0.299. The zero-order chi connectivity index (χ0) is 16.8. The summed E-state index contributed by atoms with van der Waals surface area (Å²) in [4.78, 5) is 4.41. The van der Waals surface area contributed by atoms with Crippen molar-refractivity contribution in [3.05, 3.63) is 53.9 Å². The van der Waals surface area contributed by atoms with E-state index in [1.807, 2.05) is 61.5 Å². The van der Waals surface area contributed by atoms with Gasteiger partial charge in [-0.25, -0.2) is 4.98 Å². The minimum Gasteiger partial charge on any atom is -0.490 e. The minimum absolute atomic E-state index is 0.207. The van der Waals surface area contributed by atoms with Crippen LogP contribution in [0.1, 0.15) is 18.4 Å². The van der Waals surface area contributed by atoms with Crippen molar-refractivity contribution in [2.24, 2.45) is 0 Å². The number of hydrogen-bond acceptors (Lipinski definition) is 4. The molecule has 4 nitrogen and oxygen atoms in total. The summed E-state index contributed by atoms with van der Waals surface area (Å²) < 4.78 is 16.8. The molecule has 1 heterocycles. The molecule has 24 heavy (non-hydrogen) atoms. The summed E-state index contributed by atoms with van der Waals surface area (Å²) in [5, 5.41) is 0. The standard InChI is InChI=1S/C20H17NO3/c1-3-13-23-18-11-9-15(14-19(18)22-4-2)10-12-20-21-16-7-5-6-8-17(16)24-20/h1,5-12,14H,4,13H2,2H3. The maximum absolute atomic E-state index is 5.67. The van der Waals surface area contributed by atoms with Gasteiger partial charge in [0.1, 0.15) is 12.1 Å². The lowest BCUT2D eigenvalue weighted by Crippen LogP contribution is -1.99. The molecular formula is C20H17NO3. The Morgan fingerprint density at radius 2 is 2.00 bits per heavy atom. The van der Waals surface area contributed by atoms with Crippen LogP contribution in [0.3, 0.4) is 0 Å². The molecule has 0 aliphatic heterocycles. The van der Waals surface area contributed by atoms with Crippen molar-refractivity contribution in [2.45, 2.75) is 6.92 Å². The van der Waals surface area contributed by atoms with Crippen LogP contribution in [-0.4, -0.2) is 18.2 Å². The number of aromatic nitrogens is 1. The molecule has 0 saturated heterocycles. The van der Waals surface area contributed by atoms with Crippen molar-refractivity contribution in [1.29, 1.82) is 0 Å². The van der Waals surface area contributed by atoms with Crippen molar-refractivity contribution in [3.8, 4) is 23.8 Å². The third-order valence-electron chi connectivity index (χ3n) is 3.31. The van der Waals surface area contributed by atoms with Gasteiger partial charge < -0.3 is 13.9 Å². The van der Waals surface area contributed by atoms with Crippen molar-refractivity contribution in [3.63, 3.8) is 0 Å². The smallest absolute Gasteiger partial charge is 0.220 e. The fourth-order valence-corrected chi connectivity index (χ4v) is 2.26. The van der Waals surface area contributed by atoms with Gasteiger partial charge in [-0.05, 0) is 42.8 Å². The first-order valence-corrected chi connectivity index (χ1v) is 7.67. The van der Waals surface area contributed by atoms with Gasteiger partial charge in [-0.2, -0.15) is 0 Å². The molecule has 0 fully saturated rings. The Morgan fingerprint density at radius 3 is 2.79 bits per heavy atom. The van der Waals surface area contributed by atoms with Crippen LogP contribution >= 0.6 is 0 Å². The van der Waals surface area contributed by atoms with Crippen LogP contribution in [0.15, 0.2) is 46.9 Å². The highest BCUT2D eigenvalue weighted by Gasteiger charge is 2.06. The largest absolute Gasteiger partial charge is 0.490 e. The van der Waals surface area contributed by atoms with Gasteiger partial charge in [0.2, 0.25) is 5.89 Å². The van der Waals surface area contributed by atoms with Crippen LogP contribution in [-0.2, 0) is 0 Å². The second-order valence-electron chi connectivity index (χ2n) is 4.99. The second-order valence-corrected chi connectivity index (χ2v) is 4.99. The van der Waals surface area contributed by atoms with Crippen LogP contribution in [0.2, 0.25) is 0 Å². The van der Waals surface area contributed by atoms with Gasteiger partial charge in [0, 0.05) is 6.08 Å². The van der Waals surface area contributed by atoms with Crippen LogP contribution in [0, 0.1) is 12.3 Å². The first-order chi connectivity index (χ1) is 11.8. The topological polar surface area (TPSA) is 44.5 Å². The number of hydrogen-bond donors (Lipinski definition) is 0. The van der Waals surface area contributed by atoms with Crippen LogP contribution in [0.5, 0.6) is 11.5 Å². The number of para-hydroxylation sites is 2. The Kier molecular flexibility index (Phi) is 4.83. The first-order valence-electron chi connectivity index (χ1n) is 7.67. The number of fused-ring (bicyclic) bond motifs is 1. The molecule has 3 rings (SSSR count). The fourth-order valence-electron chi connectivity index (χ4n) is 2.26. The molecule has 1 aromatic heterocycles. The van der Waals surface area contributed by atoms with E-state index < -0.39 is 0 Å². The fraction of sp³-hybridized carbons (Fsp3) is 0.150. The average Bonchev–Trinajstić information content (AvgIpc) is 3.02. The maximum atomic E-state index is 5.67. The van der Waals surface area contributed by atoms with E-state index in [9.17, 15) is 0 Å². The van der Waals surface area contributed by atoms with E-state index in [4.69, 9.17) is 20.3 Å². The zero-order valence-corrected chi connectivity index (χ0v) is 13.4. The molecule has 0 N–H and O–H groups in total. The molecule has 4 heteroatoms. The molecule has 0 atom stereocenters. The van der Waals surface area contributed by atoms with E-state index in [0.29, 0.717) is 24.0 Å². The summed E-state index contributed by atoms with van der Waals surface area (Å²) in [7, 11) is 0. The molecule has 0 aliphatic rings. The summed E-state index contributed by atoms with van der Waals surface area (Å²) in [5.41, 5.74) is 2.56. The highest BCUT2D eigenvalue weighted by atomic mass is 16.5. The monoisotopic (exact) mass is 319 g/mol. The Labute approximate surface area is 140 Å². The summed E-state index contributed by atoms with van der Waals surface area (Å²) in [6.07, 6.45) is 8.97. The summed E-state index contributed by atoms with van der Waals surface area (Å²) in [6.45, 7) is 2.68. The van der Waals surface area contributed by atoms with Gasteiger partial charge in [0.15, 0.2) is 17.1 Å². The minimum atomic E-state index is 0.207. The van der Waals surface area contributed by atoms with E-state index in [1.165, 1.54) is 0 Å². The molecule has 2 aromatic carbocycles. The van der Waals surface area contributed by atoms with Gasteiger partial charge in [-0.15, -0.1) is 6.42 Å². The normalized spacial score (nSPS) is 10.8. The van der Waals surface area contributed by atoms with Gasteiger partial charge in [-0.3, -0.25) is 0 Å². The van der Waals surface area contributed by atoms with Gasteiger partial charge in [-0.1, -0.05) is 24.1 Å². The van der Waals surface area contributed by atoms with E-state index in [1.54, 1.807) is 0 Å². The number of nitrogens with zero attached hydrogens (tertiary/aromatic N) is 1. The lowest BCUT2D eigenvalue weighted by Gasteiger charge is -2.10. The number of ether oxygens (including phenoxy) is 2. The van der Waals surface area contributed by atoms with Gasteiger partial charge in [0.05, 0.1) is 6.61 Å². The lowest BCUT2D eigenvalue weighted by atomic mass is 10.2. The molecule has 120 valence electrons. The first kappa shape index (κ1) is 15.7. The third kappa shape index (κ3) is 3.58. The highest BCUT2D eigenvalue weighted by molar-refractivity contribution is 5.76. The van der Waals surface area contributed by atoms with Crippen molar-refractivity contribution >= 4 is 23.3 Å². The highest BCUT2D eigenvalue weighted by Crippen LogP contribution is 2.29. The molecule has 0 spiro atoms. The number of benzene rings is 2. The second kappa shape index (κ2) is 7.38. The predicted octanol–water partition coefficient (Wildman–Crippen LogP) is 4.41. The molecule has 0 radical (unpaired) electrons. The van der Waals surface area contributed by atoms with Crippen LogP contribution in [0.4, 0.5) is 0 Å². The molecule has 0 unspecified atom stereocenters. The van der Waals surface area contributed by atoms with E-state index in [0.717, 1.165) is 16.7 Å². The zero-order valence-electron chi connectivity index (χ0n) is 13.4. The van der Waals surface area contributed by atoms with Gasteiger partial charge in [0.25, 0.3) is 0 Å². The maximum Gasteiger partial charge on any atom is 0.220 e. The van der Waals surface area contributed by atoms with E-state index in [-0.39, 0.29) is 6.61 Å². The SMILES string of the molecule is C#CCOc1ccc(C=Cc2nc3ccccc3o2)cc1OCC. The summed E-state index contributed by atoms with van der Waals surface area (Å²) >= 11 is 0. The quantitative estimate of drug-likeness (QED) is 0.631. The predicted molar refractivity (Wildman–Crippen MR) is 94.9 cm³/mol. The third-order valence-corrected chi connectivity index (χ3v) is 3.31. The Hall–Kier alpha value is -3.19. The van der Waals surface area contributed by atoms with Crippen molar-refractivity contribution in [1.82, 2.24) is 4.98 Å². The molecule has 0 saturated carbocycles. The van der Waals surface area contributed by atoms with Crippen molar-refractivity contribution < 1.29 is 13.9 Å². The Bertz CT molecular complexity index is 870. The number of terminal acetylenes is 1. The molecule has 0 aliphatic carbocycles. The van der Waals surface area contributed by atoms with Crippen LogP contribution in [0.25, 0.3) is 23.3 Å². The summed E-state index contributed by atoms with van der Waals surface area (Å²) in [5.74, 6) is 4.30.